The Kier molecular flexibility index (Phi) is 6.41. The lowest BCUT2D eigenvalue weighted by atomic mass is 10.0. The Morgan fingerprint density at radius 1 is 1.22 bits per heavy atom. The first-order valence-corrected chi connectivity index (χ1v) is 11.1. The number of nitrogens with one attached hydrogen (secondary N) is 1. The molecular weight excluding hydrogens is 426 g/mol. The second-order valence-corrected chi connectivity index (χ2v) is 8.67. The molecule has 1 amide bonds. The van der Waals surface area contributed by atoms with Crippen molar-refractivity contribution in [3.8, 4) is 5.69 Å². The van der Waals surface area contributed by atoms with Gasteiger partial charge < -0.3 is 14.6 Å². The molecule has 1 aliphatic heterocycles. The molecule has 3 heterocycles. The molecule has 0 aliphatic carbocycles. The van der Waals surface area contributed by atoms with Crippen LogP contribution in [0.15, 0.2) is 64.4 Å². The number of esters is 1. The Morgan fingerprint density at radius 2 is 2.00 bits per heavy atom. The van der Waals surface area contributed by atoms with Gasteiger partial charge in [-0.3, -0.25) is 19.4 Å². The predicted molar refractivity (Wildman–Crippen MR) is 122 cm³/mol. The Balaban J connectivity index is 1.83. The lowest BCUT2D eigenvalue weighted by Crippen LogP contribution is -2.34. The number of rotatable bonds is 5. The molecule has 8 heteroatoms. The number of fused-ring (bicyclic) bond motifs is 3. The Morgan fingerprint density at radius 3 is 2.75 bits per heavy atom. The monoisotopic (exact) mass is 449 g/mol. The number of carbonyl (C=O) groups excluding carboxylic acids is 2. The van der Waals surface area contributed by atoms with E-state index in [0.29, 0.717) is 12.1 Å². The Hall–Kier alpha value is -3.39. The first-order chi connectivity index (χ1) is 15.5. The van der Waals surface area contributed by atoms with Crippen LogP contribution in [-0.2, 0) is 16.0 Å². The Bertz CT molecular complexity index is 1220. The van der Waals surface area contributed by atoms with Crippen molar-refractivity contribution in [2.45, 2.75) is 29.9 Å². The molecule has 0 spiro atoms. The van der Waals surface area contributed by atoms with Gasteiger partial charge in [-0.2, -0.15) is 0 Å². The third-order valence-electron chi connectivity index (χ3n) is 5.34. The average Bonchev–Trinajstić information content (AvgIpc) is 2.96. The van der Waals surface area contributed by atoms with Gasteiger partial charge in [0.2, 0.25) is 0 Å². The maximum Gasteiger partial charge on any atom is 0.307 e. The zero-order valence-corrected chi connectivity index (χ0v) is 18.6. The van der Waals surface area contributed by atoms with Gasteiger partial charge in [-0.25, -0.2) is 0 Å². The number of amides is 1. The van der Waals surface area contributed by atoms with Crippen LogP contribution >= 0.6 is 11.8 Å². The largest absolute Gasteiger partial charge is 0.469 e. The summed E-state index contributed by atoms with van der Waals surface area (Å²) in [4.78, 5) is 43.1. The summed E-state index contributed by atoms with van der Waals surface area (Å²) in [6.45, 7) is 1.96. The van der Waals surface area contributed by atoms with Gasteiger partial charge in [0.25, 0.3) is 5.91 Å². The maximum atomic E-state index is 13.1. The van der Waals surface area contributed by atoms with Crippen molar-refractivity contribution in [1.29, 1.82) is 0 Å². The van der Waals surface area contributed by atoms with Crippen molar-refractivity contribution < 1.29 is 14.3 Å². The summed E-state index contributed by atoms with van der Waals surface area (Å²) in [5.41, 5.74) is 2.95. The third-order valence-corrected chi connectivity index (χ3v) is 6.63. The normalized spacial score (nSPS) is 14.6. The lowest BCUT2D eigenvalue weighted by Gasteiger charge is -2.20. The highest BCUT2D eigenvalue weighted by atomic mass is 32.2. The fourth-order valence-electron chi connectivity index (χ4n) is 3.88. The molecule has 7 nitrogen and oxygen atoms in total. The molecule has 4 rings (SSSR count). The first-order valence-electron chi connectivity index (χ1n) is 10.3. The number of thioether (sulfide) groups is 1. The summed E-state index contributed by atoms with van der Waals surface area (Å²) in [6, 6.07) is 15.2. The number of hydrogen-bond acceptors (Lipinski definition) is 6. The maximum absolute atomic E-state index is 13.1. The molecule has 1 aromatic carbocycles. The van der Waals surface area contributed by atoms with Crippen molar-refractivity contribution in [3.05, 3.63) is 87.6 Å². The topological polar surface area (TPSA) is 90.3 Å². The second kappa shape index (κ2) is 9.40. The van der Waals surface area contributed by atoms with Gasteiger partial charge in [0.1, 0.15) is 5.56 Å². The molecule has 0 saturated carbocycles. The highest BCUT2D eigenvalue weighted by molar-refractivity contribution is 7.99. The van der Waals surface area contributed by atoms with E-state index in [4.69, 9.17) is 0 Å². The van der Waals surface area contributed by atoms with Crippen LogP contribution in [0, 0.1) is 6.92 Å². The number of pyridine rings is 2. The van der Waals surface area contributed by atoms with Crippen molar-refractivity contribution in [3.63, 3.8) is 0 Å². The minimum Gasteiger partial charge on any atom is -0.469 e. The van der Waals surface area contributed by atoms with E-state index >= 15 is 0 Å². The van der Waals surface area contributed by atoms with Crippen molar-refractivity contribution in [2.75, 3.05) is 13.7 Å². The summed E-state index contributed by atoms with van der Waals surface area (Å²) < 4.78 is 6.61. The van der Waals surface area contributed by atoms with Gasteiger partial charge >= 0.3 is 5.97 Å². The molecule has 0 bridgehead atoms. The molecule has 1 aliphatic rings. The smallest absolute Gasteiger partial charge is 0.307 e. The molecule has 164 valence electrons. The number of aryl methyl sites for hydroxylation is 1. The quantitative estimate of drug-likeness (QED) is 0.602. The van der Waals surface area contributed by atoms with Crippen LogP contribution in [0.3, 0.4) is 0 Å². The van der Waals surface area contributed by atoms with E-state index in [1.807, 2.05) is 54.0 Å². The van der Waals surface area contributed by atoms with Crippen molar-refractivity contribution in [1.82, 2.24) is 14.9 Å². The van der Waals surface area contributed by atoms with Crippen LogP contribution in [0.1, 0.15) is 39.1 Å². The number of para-hydroxylation sites is 1. The third kappa shape index (κ3) is 4.31. The van der Waals surface area contributed by atoms with E-state index in [9.17, 15) is 14.4 Å². The highest BCUT2D eigenvalue weighted by Gasteiger charge is 2.29. The number of ether oxygens (including phenoxy) is 1. The predicted octanol–water partition coefficient (Wildman–Crippen LogP) is 3.22. The number of hydrogen-bond donors (Lipinski definition) is 1. The molecule has 0 radical (unpaired) electrons. The molecule has 0 saturated heterocycles. The van der Waals surface area contributed by atoms with E-state index in [1.54, 1.807) is 18.0 Å². The minimum atomic E-state index is -0.494. The van der Waals surface area contributed by atoms with Gasteiger partial charge in [0, 0.05) is 41.5 Å². The molecule has 32 heavy (non-hydrogen) atoms. The molecule has 1 atom stereocenters. The summed E-state index contributed by atoms with van der Waals surface area (Å²) >= 11 is 1.67. The van der Waals surface area contributed by atoms with Gasteiger partial charge in [-0.05, 0) is 31.2 Å². The fraction of sp³-hybridized carbons (Fsp3) is 0.250. The van der Waals surface area contributed by atoms with Gasteiger partial charge in [-0.15, -0.1) is 11.8 Å². The van der Waals surface area contributed by atoms with Crippen LogP contribution in [0.2, 0.25) is 0 Å². The van der Waals surface area contributed by atoms with E-state index < -0.39 is 11.9 Å². The van der Waals surface area contributed by atoms with Crippen molar-refractivity contribution in [2.24, 2.45) is 0 Å². The summed E-state index contributed by atoms with van der Waals surface area (Å²) in [5.74, 6) is -0.919. The molecule has 1 N–H and O–H groups in total. The zero-order chi connectivity index (χ0) is 22.7. The van der Waals surface area contributed by atoms with Crippen LogP contribution in [0.4, 0.5) is 0 Å². The highest BCUT2D eigenvalue weighted by Crippen LogP contribution is 2.43. The number of aromatic nitrogens is 2. The van der Waals surface area contributed by atoms with E-state index in [-0.39, 0.29) is 29.2 Å². The van der Waals surface area contributed by atoms with Crippen LogP contribution in [0.5, 0.6) is 0 Å². The molecular formula is C24H23N3O4S. The number of nitrogens with zero attached hydrogens (tertiary/aromatic N) is 2. The number of benzene rings is 1. The van der Waals surface area contributed by atoms with Gasteiger partial charge in [0.15, 0.2) is 5.43 Å². The molecule has 2 aromatic heterocycles. The Labute approximate surface area is 189 Å². The van der Waals surface area contributed by atoms with Gasteiger partial charge in [0.05, 0.1) is 30.2 Å². The first kappa shape index (κ1) is 21.8. The van der Waals surface area contributed by atoms with E-state index in [2.05, 4.69) is 15.0 Å². The standard InChI is InChI=1S/C24H23N3O4S/c1-15-13-19(28)23(24(30)26-12-10-22(29)31-2)18-14-21(16-7-5-6-11-25-16)32-20-9-4-3-8-17(20)27(15)18/h3-9,11,13,21H,10,12,14H2,1-2H3,(H,26,30). The molecule has 1 unspecified atom stereocenters. The summed E-state index contributed by atoms with van der Waals surface area (Å²) in [7, 11) is 1.29. The second-order valence-electron chi connectivity index (χ2n) is 7.42. The molecule has 0 fully saturated rings. The summed E-state index contributed by atoms with van der Waals surface area (Å²) in [6.07, 6.45) is 2.23. The lowest BCUT2D eigenvalue weighted by molar-refractivity contribution is -0.140. The molecule has 3 aromatic rings. The summed E-state index contributed by atoms with van der Waals surface area (Å²) in [5, 5.41) is 2.62. The average molecular weight is 450 g/mol. The van der Waals surface area contributed by atoms with Crippen LogP contribution < -0.4 is 10.7 Å². The fourth-order valence-corrected chi connectivity index (χ4v) is 5.12. The van der Waals surface area contributed by atoms with Crippen LogP contribution in [0.25, 0.3) is 5.69 Å². The zero-order valence-electron chi connectivity index (χ0n) is 17.8. The number of carbonyl (C=O) groups is 2. The van der Waals surface area contributed by atoms with Crippen molar-refractivity contribution >= 4 is 23.6 Å². The van der Waals surface area contributed by atoms with E-state index in [1.165, 1.54) is 13.2 Å². The van der Waals surface area contributed by atoms with Gasteiger partial charge in [-0.1, -0.05) is 18.2 Å². The van der Waals surface area contributed by atoms with Crippen LogP contribution in [-0.4, -0.2) is 35.1 Å². The minimum absolute atomic E-state index is 0.0346. The SMILES string of the molecule is COC(=O)CCNC(=O)c1c2n(c(C)cc1=O)-c1ccccc1SC(c1ccccn1)C2. The number of methoxy groups -OCH3 is 1. The van der Waals surface area contributed by atoms with E-state index in [0.717, 1.165) is 22.0 Å².